The molecule has 1 amide bonds. The number of ether oxygens (including phenoxy) is 2. The Labute approximate surface area is 206 Å². The average molecular weight is 523 g/mol. The summed E-state index contributed by atoms with van der Waals surface area (Å²) in [4.78, 5) is 21.6. The SMILES string of the molecule is COc1cccc(C=Cc2nc3sccn3c2C(=O)Nc2nc(C(F)(F)F)cs2)c1OCC(C)C. The second kappa shape index (κ2) is 10.1. The van der Waals surface area contributed by atoms with E-state index in [2.05, 4.69) is 15.3 Å². The molecule has 0 aliphatic heterocycles. The minimum Gasteiger partial charge on any atom is -0.493 e. The number of imidazole rings is 1. The van der Waals surface area contributed by atoms with Gasteiger partial charge in [-0.15, -0.1) is 22.7 Å². The number of alkyl halides is 3. The molecule has 12 heteroatoms. The molecule has 4 aromatic rings. The number of amides is 1. The van der Waals surface area contributed by atoms with Crippen molar-refractivity contribution in [1.29, 1.82) is 0 Å². The van der Waals surface area contributed by atoms with Crippen LogP contribution in [0.15, 0.2) is 35.2 Å². The highest BCUT2D eigenvalue weighted by Gasteiger charge is 2.34. The summed E-state index contributed by atoms with van der Waals surface area (Å²) in [6, 6.07) is 5.46. The molecular weight excluding hydrogens is 501 g/mol. The normalized spacial score (nSPS) is 12.1. The predicted molar refractivity (Wildman–Crippen MR) is 130 cm³/mol. The molecule has 3 aromatic heterocycles. The zero-order valence-electron chi connectivity index (χ0n) is 18.9. The molecule has 0 aliphatic rings. The van der Waals surface area contributed by atoms with E-state index in [1.165, 1.54) is 11.3 Å². The second-order valence-corrected chi connectivity index (χ2v) is 9.54. The highest BCUT2D eigenvalue weighted by molar-refractivity contribution is 7.15. The first-order valence-electron chi connectivity index (χ1n) is 10.4. The van der Waals surface area contributed by atoms with Gasteiger partial charge in [0, 0.05) is 22.5 Å². The number of anilines is 1. The topological polar surface area (TPSA) is 77.8 Å². The number of carbonyl (C=O) groups excluding carboxylic acids is 1. The van der Waals surface area contributed by atoms with Crippen LogP contribution < -0.4 is 14.8 Å². The molecule has 1 N–H and O–H groups in total. The Morgan fingerprint density at radius 1 is 1.23 bits per heavy atom. The van der Waals surface area contributed by atoms with Crippen molar-refractivity contribution in [2.75, 3.05) is 19.0 Å². The summed E-state index contributed by atoms with van der Waals surface area (Å²) in [5.41, 5.74) is 0.190. The summed E-state index contributed by atoms with van der Waals surface area (Å²) < 4.78 is 51.6. The summed E-state index contributed by atoms with van der Waals surface area (Å²) in [6.07, 6.45) is 0.503. The number of rotatable bonds is 8. The van der Waals surface area contributed by atoms with Gasteiger partial charge in [0.25, 0.3) is 5.91 Å². The minimum absolute atomic E-state index is 0.153. The zero-order valence-corrected chi connectivity index (χ0v) is 20.6. The third-order valence-corrected chi connectivity index (χ3v) is 6.24. The van der Waals surface area contributed by atoms with Crippen LogP contribution in [0.5, 0.6) is 11.5 Å². The van der Waals surface area contributed by atoms with Crippen molar-refractivity contribution in [3.05, 3.63) is 57.8 Å². The number of para-hydroxylation sites is 1. The maximum absolute atomic E-state index is 13.1. The van der Waals surface area contributed by atoms with E-state index in [1.54, 1.807) is 41.3 Å². The van der Waals surface area contributed by atoms with Crippen LogP contribution in [-0.2, 0) is 6.18 Å². The van der Waals surface area contributed by atoms with Gasteiger partial charge in [0.05, 0.1) is 19.4 Å². The number of thiazole rings is 2. The molecule has 0 atom stereocenters. The van der Waals surface area contributed by atoms with Gasteiger partial charge >= 0.3 is 6.18 Å². The van der Waals surface area contributed by atoms with Crippen molar-refractivity contribution in [3.63, 3.8) is 0 Å². The molecule has 0 fully saturated rings. The Balaban J connectivity index is 1.66. The van der Waals surface area contributed by atoms with Gasteiger partial charge in [-0.05, 0) is 24.1 Å². The summed E-state index contributed by atoms with van der Waals surface area (Å²) >= 11 is 2.03. The van der Waals surface area contributed by atoms with E-state index >= 15 is 0 Å². The number of halogens is 3. The first kappa shape index (κ1) is 24.7. The molecule has 7 nitrogen and oxygen atoms in total. The molecular formula is C23H21F3N4O3S2. The highest BCUT2D eigenvalue weighted by atomic mass is 32.1. The number of aromatic nitrogens is 3. The number of benzene rings is 1. The maximum atomic E-state index is 13.1. The number of nitrogens with one attached hydrogen (secondary N) is 1. The van der Waals surface area contributed by atoms with Gasteiger partial charge in [-0.2, -0.15) is 13.2 Å². The standard InChI is InChI=1S/C23H21F3N4O3S2/c1-13(2)11-33-19-14(5-4-6-16(19)32-3)7-8-15-18(30-9-10-34-22(30)27-15)20(31)29-21-28-17(12-35-21)23(24,25)26/h4-10,12-13H,11H2,1-3H3,(H,28,29,31). The molecule has 35 heavy (non-hydrogen) atoms. The van der Waals surface area contributed by atoms with Crippen LogP contribution in [0.25, 0.3) is 17.1 Å². The van der Waals surface area contributed by atoms with E-state index in [0.29, 0.717) is 46.0 Å². The number of hydrogen-bond acceptors (Lipinski definition) is 7. The van der Waals surface area contributed by atoms with E-state index < -0.39 is 17.8 Å². The number of hydrogen-bond donors (Lipinski definition) is 1. The third kappa shape index (κ3) is 5.49. The first-order chi connectivity index (χ1) is 16.7. The molecule has 0 bridgehead atoms. The van der Waals surface area contributed by atoms with Crippen LogP contribution in [0.1, 0.15) is 41.3 Å². The summed E-state index contributed by atoms with van der Waals surface area (Å²) in [5, 5.41) is 4.92. The smallest absolute Gasteiger partial charge is 0.434 e. The Kier molecular flexibility index (Phi) is 7.13. The summed E-state index contributed by atoms with van der Waals surface area (Å²) in [5.74, 6) is 0.812. The van der Waals surface area contributed by atoms with Crippen LogP contribution in [-0.4, -0.2) is 34.0 Å². The van der Waals surface area contributed by atoms with Crippen molar-refractivity contribution < 1.29 is 27.4 Å². The van der Waals surface area contributed by atoms with Gasteiger partial charge in [0.2, 0.25) is 0 Å². The van der Waals surface area contributed by atoms with Gasteiger partial charge < -0.3 is 9.47 Å². The fourth-order valence-electron chi connectivity index (χ4n) is 3.16. The number of carbonyl (C=O) groups is 1. The van der Waals surface area contributed by atoms with Crippen molar-refractivity contribution in [2.45, 2.75) is 20.0 Å². The van der Waals surface area contributed by atoms with E-state index in [9.17, 15) is 18.0 Å². The van der Waals surface area contributed by atoms with Gasteiger partial charge in [0.1, 0.15) is 5.69 Å². The van der Waals surface area contributed by atoms with Crippen molar-refractivity contribution in [2.24, 2.45) is 5.92 Å². The fraction of sp³-hybridized carbons (Fsp3) is 0.261. The Bertz CT molecular complexity index is 1370. The van der Waals surface area contributed by atoms with Crippen LogP contribution in [0, 0.1) is 5.92 Å². The number of methoxy groups -OCH3 is 1. The summed E-state index contributed by atoms with van der Waals surface area (Å²) in [6.45, 7) is 4.56. The predicted octanol–water partition coefficient (Wildman–Crippen LogP) is 6.34. The summed E-state index contributed by atoms with van der Waals surface area (Å²) in [7, 11) is 1.56. The van der Waals surface area contributed by atoms with Gasteiger partial charge in [0.15, 0.2) is 27.3 Å². The van der Waals surface area contributed by atoms with Gasteiger partial charge in [-0.1, -0.05) is 26.0 Å². The molecule has 1 aromatic carbocycles. The molecule has 0 saturated carbocycles. The van der Waals surface area contributed by atoms with E-state index in [-0.39, 0.29) is 10.8 Å². The Morgan fingerprint density at radius 3 is 2.71 bits per heavy atom. The molecule has 0 saturated heterocycles. The van der Waals surface area contributed by atoms with Crippen molar-refractivity contribution >= 4 is 50.8 Å². The minimum atomic E-state index is -4.59. The Hall–Kier alpha value is -3.38. The molecule has 0 aliphatic carbocycles. The third-order valence-electron chi connectivity index (χ3n) is 4.73. The monoisotopic (exact) mass is 522 g/mol. The van der Waals surface area contributed by atoms with Crippen molar-refractivity contribution in [3.8, 4) is 11.5 Å². The lowest BCUT2D eigenvalue weighted by Gasteiger charge is -2.14. The fourth-order valence-corrected chi connectivity index (χ4v) is 4.59. The van der Waals surface area contributed by atoms with Crippen LogP contribution >= 0.6 is 22.7 Å². The molecule has 0 radical (unpaired) electrons. The van der Waals surface area contributed by atoms with Crippen LogP contribution in [0.3, 0.4) is 0 Å². The van der Waals surface area contributed by atoms with Crippen LogP contribution in [0.4, 0.5) is 18.3 Å². The van der Waals surface area contributed by atoms with E-state index in [1.807, 2.05) is 26.0 Å². The molecule has 3 heterocycles. The number of nitrogens with zero attached hydrogens (tertiary/aromatic N) is 3. The van der Waals surface area contributed by atoms with Gasteiger partial charge in [-0.25, -0.2) is 9.97 Å². The maximum Gasteiger partial charge on any atom is 0.434 e. The molecule has 4 rings (SSSR count). The Morgan fingerprint density at radius 2 is 2.03 bits per heavy atom. The molecule has 0 spiro atoms. The molecule has 184 valence electrons. The van der Waals surface area contributed by atoms with Crippen LogP contribution in [0.2, 0.25) is 0 Å². The first-order valence-corrected chi connectivity index (χ1v) is 12.2. The average Bonchev–Trinajstić information content (AvgIpc) is 3.51. The second-order valence-electron chi connectivity index (χ2n) is 7.81. The zero-order chi connectivity index (χ0) is 25.2. The van der Waals surface area contributed by atoms with E-state index in [4.69, 9.17) is 9.47 Å². The quantitative estimate of drug-likeness (QED) is 0.292. The number of fused-ring (bicyclic) bond motifs is 1. The lowest BCUT2D eigenvalue weighted by atomic mass is 10.1. The molecule has 0 unspecified atom stereocenters. The lowest BCUT2D eigenvalue weighted by molar-refractivity contribution is -0.140. The van der Waals surface area contributed by atoms with E-state index in [0.717, 1.165) is 10.9 Å². The van der Waals surface area contributed by atoms with Crippen molar-refractivity contribution in [1.82, 2.24) is 14.4 Å². The largest absolute Gasteiger partial charge is 0.493 e. The lowest BCUT2D eigenvalue weighted by Crippen LogP contribution is -2.15. The van der Waals surface area contributed by atoms with Gasteiger partial charge in [-0.3, -0.25) is 14.5 Å². The highest BCUT2D eigenvalue weighted by Crippen LogP contribution is 2.34.